The van der Waals surface area contributed by atoms with Crippen LogP contribution in [0.3, 0.4) is 0 Å². The van der Waals surface area contributed by atoms with Crippen LogP contribution in [0.1, 0.15) is 20.3 Å². The van der Waals surface area contributed by atoms with Gasteiger partial charge in [0, 0.05) is 25.2 Å². The first kappa shape index (κ1) is 8.02. The maximum Gasteiger partial charge on any atom is 0.0193 e. The molecule has 60 valence electrons. The summed E-state index contributed by atoms with van der Waals surface area (Å²) in [6.45, 7) is 6.85. The predicted molar refractivity (Wildman–Crippen MR) is 44.2 cm³/mol. The van der Waals surface area contributed by atoms with Crippen molar-refractivity contribution in [2.45, 2.75) is 32.4 Å². The van der Waals surface area contributed by atoms with E-state index in [1.165, 1.54) is 13.0 Å². The number of hydrogen-bond acceptors (Lipinski definition) is 2. The van der Waals surface area contributed by atoms with Crippen molar-refractivity contribution in [1.82, 2.24) is 10.2 Å². The summed E-state index contributed by atoms with van der Waals surface area (Å²) in [5.74, 6) is 0. The van der Waals surface area contributed by atoms with Gasteiger partial charge in [0.25, 0.3) is 0 Å². The molecule has 1 rings (SSSR count). The summed E-state index contributed by atoms with van der Waals surface area (Å²) in [7, 11) is 2.20. The van der Waals surface area contributed by atoms with Gasteiger partial charge in [0.1, 0.15) is 0 Å². The molecule has 0 spiro atoms. The monoisotopic (exact) mass is 142 g/mol. The van der Waals surface area contributed by atoms with Crippen LogP contribution in [0.2, 0.25) is 0 Å². The third-order valence-corrected chi connectivity index (χ3v) is 2.46. The Hall–Kier alpha value is -0.0800. The van der Waals surface area contributed by atoms with Crippen molar-refractivity contribution < 1.29 is 0 Å². The van der Waals surface area contributed by atoms with Gasteiger partial charge in [-0.1, -0.05) is 6.92 Å². The van der Waals surface area contributed by atoms with Crippen molar-refractivity contribution in [3.05, 3.63) is 0 Å². The van der Waals surface area contributed by atoms with Crippen LogP contribution in [-0.4, -0.2) is 37.1 Å². The summed E-state index contributed by atoms with van der Waals surface area (Å²) in [5, 5.41) is 3.51. The van der Waals surface area contributed by atoms with Gasteiger partial charge in [0.15, 0.2) is 0 Å². The van der Waals surface area contributed by atoms with Gasteiger partial charge < -0.3 is 10.2 Å². The van der Waals surface area contributed by atoms with Crippen LogP contribution >= 0.6 is 0 Å². The van der Waals surface area contributed by atoms with Crippen LogP contribution in [0.5, 0.6) is 0 Å². The average molecular weight is 142 g/mol. The highest BCUT2D eigenvalue weighted by Crippen LogP contribution is 2.04. The Labute approximate surface area is 63.6 Å². The molecule has 1 heterocycles. The van der Waals surface area contributed by atoms with Crippen molar-refractivity contribution in [2.24, 2.45) is 0 Å². The van der Waals surface area contributed by atoms with Crippen LogP contribution in [0.15, 0.2) is 0 Å². The molecule has 2 nitrogen and oxygen atoms in total. The molecule has 0 aromatic rings. The van der Waals surface area contributed by atoms with Crippen LogP contribution in [-0.2, 0) is 0 Å². The zero-order valence-electron chi connectivity index (χ0n) is 7.22. The Morgan fingerprint density at radius 1 is 1.60 bits per heavy atom. The number of likely N-dealkylation sites (N-methyl/N-ethyl adjacent to an activating group) is 1. The van der Waals surface area contributed by atoms with E-state index in [2.05, 4.69) is 31.1 Å². The molecule has 2 heteroatoms. The molecule has 0 saturated carbocycles. The van der Waals surface area contributed by atoms with E-state index in [4.69, 9.17) is 0 Å². The maximum absolute atomic E-state index is 3.51. The lowest BCUT2D eigenvalue weighted by atomic mass is 10.1. The van der Waals surface area contributed by atoms with Gasteiger partial charge in [-0.05, 0) is 20.4 Å². The molecule has 0 amide bonds. The second kappa shape index (κ2) is 3.35. The Morgan fingerprint density at radius 2 is 2.30 bits per heavy atom. The third-order valence-electron chi connectivity index (χ3n) is 2.46. The fourth-order valence-electron chi connectivity index (χ4n) is 1.36. The molecular formula is C8H18N2. The SMILES string of the molecule is CC[C@@H]1CN(C)C(C)CN1. The van der Waals surface area contributed by atoms with E-state index < -0.39 is 0 Å². The Morgan fingerprint density at radius 3 is 2.80 bits per heavy atom. The normalized spacial score (nSPS) is 36.3. The molecule has 0 radical (unpaired) electrons. The van der Waals surface area contributed by atoms with E-state index in [0.29, 0.717) is 6.04 Å². The summed E-state index contributed by atoms with van der Waals surface area (Å²) < 4.78 is 0. The summed E-state index contributed by atoms with van der Waals surface area (Å²) in [5.41, 5.74) is 0. The molecular weight excluding hydrogens is 124 g/mol. The maximum atomic E-state index is 3.51. The second-order valence-electron chi connectivity index (χ2n) is 3.30. The number of hydrogen-bond donors (Lipinski definition) is 1. The Kier molecular flexibility index (Phi) is 2.69. The molecule has 1 saturated heterocycles. The van der Waals surface area contributed by atoms with E-state index in [1.54, 1.807) is 0 Å². The van der Waals surface area contributed by atoms with Crippen molar-refractivity contribution in [3.63, 3.8) is 0 Å². The zero-order valence-corrected chi connectivity index (χ0v) is 7.22. The van der Waals surface area contributed by atoms with Gasteiger partial charge in [-0.15, -0.1) is 0 Å². The highest BCUT2D eigenvalue weighted by molar-refractivity contribution is 4.80. The van der Waals surface area contributed by atoms with E-state index >= 15 is 0 Å². The summed E-state index contributed by atoms with van der Waals surface area (Å²) in [6.07, 6.45) is 1.25. The van der Waals surface area contributed by atoms with Crippen molar-refractivity contribution in [1.29, 1.82) is 0 Å². The minimum atomic E-state index is 0.711. The molecule has 0 aliphatic carbocycles. The van der Waals surface area contributed by atoms with Gasteiger partial charge in [-0.2, -0.15) is 0 Å². The molecule has 1 aliphatic rings. The highest BCUT2D eigenvalue weighted by Gasteiger charge is 2.19. The van der Waals surface area contributed by atoms with Crippen LogP contribution in [0, 0.1) is 0 Å². The van der Waals surface area contributed by atoms with Crippen LogP contribution in [0.4, 0.5) is 0 Å². The number of nitrogens with one attached hydrogen (secondary N) is 1. The first-order valence-corrected chi connectivity index (χ1v) is 4.17. The lowest BCUT2D eigenvalue weighted by Gasteiger charge is -2.35. The quantitative estimate of drug-likeness (QED) is 0.579. The highest BCUT2D eigenvalue weighted by atomic mass is 15.2. The molecule has 1 N–H and O–H groups in total. The van der Waals surface area contributed by atoms with Crippen LogP contribution < -0.4 is 5.32 Å². The fourth-order valence-corrected chi connectivity index (χ4v) is 1.36. The fraction of sp³-hybridized carbons (Fsp3) is 1.00. The average Bonchev–Trinajstić information content (AvgIpc) is 1.95. The first-order chi connectivity index (χ1) is 4.74. The van der Waals surface area contributed by atoms with E-state index in [-0.39, 0.29) is 0 Å². The van der Waals surface area contributed by atoms with Crippen molar-refractivity contribution in [3.8, 4) is 0 Å². The predicted octanol–water partition coefficient (Wildman–Crippen LogP) is 0.689. The van der Waals surface area contributed by atoms with Gasteiger partial charge in [-0.25, -0.2) is 0 Å². The minimum absolute atomic E-state index is 0.711. The number of piperazine rings is 1. The molecule has 0 aromatic heterocycles. The molecule has 2 atom stereocenters. The van der Waals surface area contributed by atoms with Crippen molar-refractivity contribution in [2.75, 3.05) is 20.1 Å². The number of rotatable bonds is 1. The molecule has 1 unspecified atom stereocenters. The summed E-state index contributed by atoms with van der Waals surface area (Å²) >= 11 is 0. The molecule has 0 aromatic carbocycles. The Bertz CT molecular complexity index is 103. The largest absolute Gasteiger partial charge is 0.311 e. The van der Waals surface area contributed by atoms with Crippen molar-refractivity contribution >= 4 is 0 Å². The molecule has 1 fully saturated rings. The summed E-state index contributed by atoms with van der Waals surface area (Å²) in [6, 6.07) is 1.43. The molecule has 10 heavy (non-hydrogen) atoms. The molecule has 1 aliphatic heterocycles. The lowest BCUT2D eigenvalue weighted by molar-refractivity contribution is 0.173. The van der Waals surface area contributed by atoms with Crippen LogP contribution in [0.25, 0.3) is 0 Å². The first-order valence-electron chi connectivity index (χ1n) is 4.17. The van der Waals surface area contributed by atoms with Gasteiger partial charge in [0.05, 0.1) is 0 Å². The van der Waals surface area contributed by atoms with Gasteiger partial charge in [0.2, 0.25) is 0 Å². The van der Waals surface area contributed by atoms with Gasteiger partial charge in [-0.3, -0.25) is 0 Å². The smallest absolute Gasteiger partial charge is 0.0193 e. The van der Waals surface area contributed by atoms with Gasteiger partial charge >= 0.3 is 0 Å². The molecule has 0 bridgehead atoms. The summed E-state index contributed by atoms with van der Waals surface area (Å²) in [4.78, 5) is 2.42. The van der Waals surface area contributed by atoms with E-state index in [0.717, 1.165) is 12.6 Å². The van der Waals surface area contributed by atoms with E-state index in [9.17, 15) is 0 Å². The second-order valence-corrected chi connectivity index (χ2v) is 3.30. The van der Waals surface area contributed by atoms with E-state index in [1.807, 2.05) is 0 Å². The zero-order chi connectivity index (χ0) is 7.56. The topological polar surface area (TPSA) is 15.3 Å². The number of nitrogens with zero attached hydrogens (tertiary/aromatic N) is 1. The lowest BCUT2D eigenvalue weighted by Crippen LogP contribution is -2.53. The Balaban J connectivity index is 2.33. The standard InChI is InChI=1S/C8H18N2/c1-4-8-6-10(3)7(2)5-9-8/h7-9H,4-6H2,1-3H3/t7?,8-/m1/s1. The third kappa shape index (κ3) is 1.70. The minimum Gasteiger partial charge on any atom is -0.311 e.